The van der Waals surface area contributed by atoms with Crippen LogP contribution in [0.15, 0.2) is 42.5 Å². The van der Waals surface area contributed by atoms with E-state index in [0.29, 0.717) is 18.3 Å². The van der Waals surface area contributed by atoms with Gasteiger partial charge in [-0.2, -0.15) is 0 Å². The molecule has 1 aliphatic rings. The minimum Gasteiger partial charge on any atom is -0.504 e. The van der Waals surface area contributed by atoms with Crippen molar-refractivity contribution < 1.29 is 9.84 Å². The molecule has 0 bridgehead atoms. The molecule has 2 N–H and O–H groups in total. The third kappa shape index (κ3) is 3.03. The van der Waals surface area contributed by atoms with E-state index in [1.807, 2.05) is 19.1 Å². The van der Waals surface area contributed by atoms with Gasteiger partial charge in [-0.15, -0.1) is 0 Å². The zero-order valence-electron chi connectivity index (χ0n) is 12.3. The van der Waals surface area contributed by atoms with Crippen molar-refractivity contribution in [3.05, 3.63) is 59.2 Å². The van der Waals surface area contributed by atoms with Gasteiger partial charge in [0.05, 0.1) is 6.61 Å². The van der Waals surface area contributed by atoms with Crippen molar-refractivity contribution in [2.24, 2.45) is 0 Å². The normalized spacial score (nSPS) is 16.1. The summed E-state index contributed by atoms with van der Waals surface area (Å²) in [4.78, 5) is 0. The van der Waals surface area contributed by atoms with E-state index in [1.165, 1.54) is 17.5 Å². The van der Waals surface area contributed by atoms with E-state index in [9.17, 15) is 5.11 Å². The summed E-state index contributed by atoms with van der Waals surface area (Å²) in [6.07, 6.45) is 1.17. The van der Waals surface area contributed by atoms with Gasteiger partial charge >= 0.3 is 0 Å². The van der Waals surface area contributed by atoms with Gasteiger partial charge in [0, 0.05) is 19.0 Å². The molecular weight excluding hydrogens is 262 g/mol. The number of aromatic hydroxyl groups is 1. The van der Waals surface area contributed by atoms with Crippen molar-refractivity contribution >= 4 is 0 Å². The van der Waals surface area contributed by atoms with Crippen molar-refractivity contribution in [1.29, 1.82) is 0 Å². The molecule has 0 heterocycles. The van der Waals surface area contributed by atoms with Crippen LogP contribution in [0.25, 0.3) is 0 Å². The number of ether oxygens (including phenoxy) is 1. The zero-order chi connectivity index (χ0) is 14.7. The number of nitrogens with one attached hydrogen (secondary N) is 1. The lowest BCUT2D eigenvalue weighted by molar-refractivity contribution is 0.317. The van der Waals surface area contributed by atoms with E-state index in [1.54, 1.807) is 6.07 Å². The molecule has 0 amide bonds. The van der Waals surface area contributed by atoms with Crippen LogP contribution in [0.3, 0.4) is 0 Å². The molecule has 3 nitrogen and oxygen atoms in total. The van der Waals surface area contributed by atoms with Gasteiger partial charge in [-0.05, 0) is 42.2 Å². The van der Waals surface area contributed by atoms with E-state index in [4.69, 9.17) is 4.74 Å². The molecule has 0 aromatic heterocycles. The lowest BCUT2D eigenvalue weighted by Crippen LogP contribution is -2.28. The highest BCUT2D eigenvalue weighted by molar-refractivity contribution is 5.42. The number of benzene rings is 2. The standard InChI is InChI=1S/C18H21NO2/c1-2-21-18-9-13(7-8-17(18)20)11-19-12-15-10-14-5-3-4-6-16(14)15/h3-9,15,19-20H,2,10-12H2,1H3. The van der Waals surface area contributed by atoms with Crippen molar-refractivity contribution in [2.75, 3.05) is 13.2 Å². The first kappa shape index (κ1) is 14.0. The van der Waals surface area contributed by atoms with E-state index in [2.05, 4.69) is 29.6 Å². The Balaban J connectivity index is 1.53. The number of phenols is 1. The van der Waals surface area contributed by atoms with Crippen LogP contribution in [-0.2, 0) is 13.0 Å². The maximum absolute atomic E-state index is 9.69. The van der Waals surface area contributed by atoms with Crippen LogP contribution >= 0.6 is 0 Å². The smallest absolute Gasteiger partial charge is 0.161 e. The van der Waals surface area contributed by atoms with Crippen LogP contribution in [0.5, 0.6) is 11.5 Å². The highest BCUT2D eigenvalue weighted by Crippen LogP contribution is 2.34. The van der Waals surface area contributed by atoms with Gasteiger partial charge in [-0.1, -0.05) is 30.3 Å². The fraction of sp³-hybridized carbons (Fsp3) is 0.333. The Labute approximate surface area is 125 Å². The van der Waals surface area contributed by atoms with Gasteiger partial charge in [0.2, 0.25) is 0 Å². The SMILES string of the molecule is CCOc1cc(CNCC2Cc3ccccc32)ccc1O. The second-order valence-electron chi connectivity index (χ2n) is 5.47. The maximum atomic E-state index is 9.69. The van der Waals surface area contributed by atoms with Crippen LogP contribution in [-0.4, -0.2) is 18.3 Å². The van der Waals surface area contributed by atoms with E-state index in [0.717, 1.165) is 18.7 Å². The van der Waals surface area contributed by atoms with Gasteiger partial charge < -0.3 is 15.2 Å². The molecule has 2 aromatic rings. The van der Waals surface area contributed by atoms with Crippen LogP contribution in [0.2, 0.25) is 0 Å². The van der Waals surface area contributed by atoms with Crippen LogP contribution in [0, 0.1) is 0 Å². The Bertz CT molecular complexity index is 624. The number of rotatable bonds is 6. The highest BCUT2D eigenvalue weighted by atomic mass is 16.5. The van der Waals surface area contributed by atoms with Crippen LogP contribution in [0.4, 0.5) is 0 Å². The fourth-order valence-electron chi connectivity index (χ4n) is 2.88. The molecule has 1 aliphatic carbocycles. The zero-order valence-corrected chi connectivity index (χ0v) is 12.3. The molecule has 0 aliphatic heterocycles. The van der Waals surface area contributed by atoms with Gasteiger partial charge in [0.1, 0.15) is 0 Å². The molecule has 110 valence electrons. The summed E-state index contributed by atoms with van der Waals surface area (Å²) < 4.78 is 5.41. The molecule has 0 saturated heterocycles. The van der Waals surface area contributed by atoms with Crippen LogP contribution in [0.1, 0.15) is 29.5 Å². The van der Waals surface area contributed by atoms with Gasteiger partial charge in [-0.3, -0.25) is 0 Å². The predicted octanol–water partition coefficient (Wildman–Crippen LogP) is 3.22. The molecule has 0 spiro atoms. The number of hydrogen-bond acceptors (Lipinski definition) is 3. The molecule has 1 atom stereocenters. The second-order valence-corrected chi connectivity index (χ2v) is 5.47. The second kappa shape index (κ2) is 6.19. The fourth-order valence-corrected chi connectivity index (χ4v) is 2.88. The molecule has 2 aromatic carbocycles. The number of hydrogen-bond donors (Lipinski definition) is 2. The lowest BCUT2D eigenvalue weighted by atomic mass is 9.77. The molecule has 0 fully saturated rings. The summed E-state index contributed by atoms with van der Waals surface area (Å²) in [5, 5.41) is 13.2. The van der Waals surface area contributed by atoms with Crippen molar-refractivity contribution in [3.63, 3.8) is 0 Å². The molecule has 3 heteroatoms. The van der Waals surface area contributed by atoms with E-state index >= 15 is 0 Å². The molecule has 0 radical (unpaired) electrons. The Kier molecular flexibility index (Phi) is 4.11. The molecular formula is C18H21NO2. The van der Waals surface area contributed by atoms with Crippen molar-refractivity contribution in [1.82, 2.24) is 5.32 Å². The largest absolute Gasteiger partial charge is 0.504 e. The minimum atomic E-state index is 0.202. The lowest BCUT2D eigenvalue weighted by Gasteiger charge is -2.30. The topological polar surface area (TPSA) is 41.5 Å². The summed E-state index contributed by atoms with van der Waals surface area (Å²) in [5.41, 5.74) is 4.09. The molecule has 21 heavy (non-hydrogen) atoms. The average molecular weight is 283 g/mol. The average Bonchev–Trinajstić information content (AvgIpc) is 2.47. The Hall–Kier alpha value is -2.00. The van der Waals surface area contributed by atoms with Crippen molar-refractivity contribution in [2.45, 2.75) is 25.8 Å². The monoisotopic (exact) mass is 283 g/mol. The maximum Gasteiger partial charge on any atom is 0.161 e. The van der Waals surface area contributed by atoms with Gasteiger partial charge in [0.25, 0.3) is 0 Å². The Morgan fingerprint density at radius 3 is 2.90 bits per heavy atom. The van der Waals surface area contributed by atoms with Gasteiger partial charge in [0.15, 0.2) is 11.5 Å². The summed E-state index contributed by atoms with van der Waals surface area (Å²) in [5.74, 6) is 1.39. The van der Waals surface area contributed by atoms with Crippen molar-refractivity contribution in [3.8, 4) is 11.5 Å². The third-order valence-corrected chi connectivity index (χ3v) is 4.01. The minimum absolute atomic E-state index is 0.202. The molecule has 0 saturated carbocycles. The number of phenolic OH excluding ortho intramolecular Hbond substituents is 1. The van der Waals surface area contributed by atoms with Crippen LogP contribution < -0.4 is 10.1 Å². The Morgan fingerprint density at radius 2 is 2.10 bits per heavy atom. The van der Waals surface area contributed by atoms with E-state index in [-0.39, 0.29) is 5.75 Å². The summed E-state index contributed by atoms with van der Waals surface area (Å²) in [6, 6.07) is 14.2. The number of fused-ring (bicyclic) bond motifs is 1. The third-order valence-electron chi connectivity index (χ3n) is 4.01. The van der Waals surface area contributed by atoms with E-state index < -0.39 is 0 Å². The predicted molar refractivity (Wildman–Crippen MR) is 83.9 cm³/mol. The molecule has 3 rings (SSSR count). The Morgan fingerprint density at radius 1 is 1.24 bits per heavy atom. The summed E-state index contributed by atoms with van der Waals surface area (Å²) in [6.45, 7) is 4.25. The quantitative estimate of drug-likeness (QED) is 0.855. The molecule has 1 unspecified atom stereocenters. The first-order valence-electron chi connectivity index (χ1n) is 7.51. The highest BCUT2D eigenvalue weighted by Gasteiger charge is 2.24. The van der Waals surface area contributed by atoms with Gasteiger partial charge in [-0.25, -0.2) is 0 Å². The summed E-state index contributed by atoms with van der Waals surface area (Å²) >= 11 is 0. The summed E-state index contributed by atoms with van der Waals surface area (Å²) in [7, 11) is 0. The first-order valence-corrected chi connectivity index (χ1v) is 7.51. The first-order chi connectivity index (χ1) is 10.3.